The van der Waals surface area contributed by atoms with Crippen molar-refractivity contribution < 1.29 is 9.22 Å². The van der Waals surface area contributed by atoms with Gasteiger partial charge in [-0.25, -0.2) is 0 Å². The fourth-order valence-corrected chi connectivity index (χ4v) is 5.72. The minimum absolute atomic E-state index is 0.0314. The number of carbonyl (C=O) groups is 1. The molecule has 0 aromatic rings. The molecule has 0 aromatic carbocycles. The zero-order valence-electron chi connectivity index (χ0n) is 14.9. The number of rotatable bonds is 7. The van der Waals surface area contributed by atoms with Gasteiger partial charge in [0.2, 0.25) is 10.5 Å². The Morgan fingerprint density at radius 2 is 1.50 bits per heavy atom. The van der Waals surface area contributed by atoms with Gasteiger partial charge in [-0.1, -0.05) is 45.4 Å². The van der Waals surface area contributed by atoms with Gasteiger partial charge in [-0.2, -0.15) is 0 Å². The van der Waals surface area contributed by atoms with Crippen molar-refractivity contribution >= 4 is 16.5 Å². The third-order valence-corrected chi connectivity index (χ3v) is 7.20. The summed E-state index contributed by atoms with van der Waals surface area (Å²) in [4.78, 5) is 11.6. The van der Waals surface area contributed by atoms with E-state index in [2.05, 4.69) is 6.92 Å². The molecule has 0 atom stereocenters. The van der Waals surface area contributed by atoms with Gasteiger partial charge in [0.15, 0.2) is 0 Å². The minimum atomic E-state index is 0.0314. The van der Waals surface area contributed by atoms with Gasteiger partial charge in [0.05, 0.1) is 0 Å². The zero-order valence-corrected chi connectivity index (χ0v) is 16.9. The van der Waals surface area contributed by atoms with Crippen LogP contribution in [0.5, 0.6) is 0 Å². The van der Waals surface area contributed by atoms with E-state index in [1.807, 2.05) is 0 Å². The second-order valence-electron chi connectivity index (χ2n) is 7.69. The molecule has 2 aliphatic carbocycles. The fraction of sp³-hybridized carbons (Fsp3) is 0.947. The summed E-state index contributed by atoms with van der Waals surface area (Å²) in [6, 6.07) is 0. The number of hydrogen-bond acceptors (Lipinski definition) is 2. The SMILES string of the molecule is CCC(CCCC(=O)O[SiH3])(C1CCCCC1)C1CCCCC1. The van der Waals surface area contributed by atoms with E-state index in [4.69, 9.17) is 4.43 Å². The lowest BCUT2D eigenvalue weighted by atomic mass is 9.56. The van der Waals surface area contributed by atoms with Crippen molar-refractivity contribution in [1.82, 2.24) is 0 Å². The van der Waals surface area contributed by atoms with Crippen molar-refractivity contribution in [1.29, 1.82) is 0 Å². The molecule has 2 aliphatic rings. The Morgan fingerprint density at radius 3 is 1.91 bits per heavy atom. The Kier molecular flexibility index (Phi) is 7.46. The van der Waals surface area contributed by atoms with Crippen molar-refractivity contribution in [2.24, 2.45) is 17.3 Å². The molecule has 2 saturated carbocycles. The lowest BCUT2D eigenvalue weighted by Gasteiger charge is -2.49. The summed E-state index contributed by atoms with van der Waals surface area (Å²) < 4.78 is 4.99. The standard InChI is InChI=1S/C19H36O2Si/c1-2-19(15-9-14-18(20)21-22,16-10-5-3-6-11-16)17-12-7-4-8-13-17/h16-17H,2-15H2,1,22H3. The van der Waals surface area contributed by atoms with Crippen LogP contribution in [0.25, 0.3) is 0 Å². The molecule has 3 heteroatoms. The summed E-state index contributed by atoms with van der Waals surface area (Å²) in [5.41, 5.74) is 0.520. The first kappa shape index (κ1) is 18.0. The highest BCUT2D eigenvalue weighted by atomic mass is 28.2. The van der Waals surface area contributed by atoms with E-state index in [-0.39, 0.29) is 5.97 Å². The van der Waals surface area contributed by atoms with Crippen LogP contribution in [0.2, 0.25) is 0 Å². The molecule has 2 nitrogen and oxygen atoms in total. The van der Waals surface area contributed by atoms with Gasteiger partial charge >= 0.3 is 0 Å². The van der Waals surface area contributed by atoms with Crippen LogP contribution >= 0.6 is 0 Å². The monoisotopic (exact) mass is 324 g/mol. The van der Waals surface area contributed by atoms with Crippen LogP contribution in [0, 0.1) is 17.3 Å². The molecule has 2 fully saturated rings. The third-order valence-electron chi connectivity index (χ3n) is 6.75. The fourth-order valence-electron chi connectivity index (χ4n) is 5.51. The first-order valence-corrected chi connectivity index (χ1v) is 10.6. The van der Waals surface area contributed by atoms with Crippen LogP contribution in [0.15, 0.2) is 0 Å². The van der Waals surface area contributed by atoms with E-state index in [0.717, 1.165) is 18.3 Å². The third kappa shape index (κ3) is 4.36. The van der Waals surface area contributed by atoms with Crippen LogP contribution in [-0.4, -0.2) is 16.5 Å². The van der Waals surface area contributed by atoms with Crippen molar-refractivity contribution in [3.63, 3.8) is 0 Å². The summed E-state index contributed by atoms with van der Waals surface area (Å²) in [5.74, 6) is 1.87. The molecule has 0 unspecified atom stereocenters. The van der Waals surface area contributed by atoms with E-state index in [1.54, 1.807) is 0 Å². The summed E-state index contributed by atoms with van der Waals surface area (Å²) in [5, 5.41) is 0. The highest BCUT2D eigenvalue weighted by Crippen LogP contribution is 2.53. The molecule has 0 amide bonds. The maximum absolute atomic E-state index is 11.6. The van der Waals surface area contributed by atoms with Crippen LogP contribution in [-0.2, 0) is 9.22 Å². The predicted octanol–water partition coefficient (Wildman–Crippen LogP) is 4.54. The lowest BCUT2D eigenvalue weighted by Crippen LogP contribution is -2.40. The Bertz CT molecular complexity index is 312. The highest BCUT2D eigenvalue weighted by molar-refractivity contribution is 6.05. The average Bonchev–Trinajstić information content (AvgIpc) is 2.60. The predicted molar refractivity (Wildman–Crippen MR) is 95.8 cm³/mol. The van der Waals surface area contributed by atoms with E-state index in [0.29, 0.717) is 22.3 Å². The van der Waals surface area contributed by atoms with E-state index >= 15 is 0 Å². The summed E-state index contributed by atoms with van der Waals surface area (Å²) in [7, 11) is 0.545. The first-order chi connectivity index (χ1) is 10.7. The van der Waals surface area contributed by atoms with E-state index in [9.17, 15) is 4.79 Å². The first-order valence-electron chi connectivity index (χ1n) is 9.79. The molecule has 0 aliphatic heterocycles. The van der Waals surface area contributed by atoms with Gasteiger partial charge in [-0.15, -0.1) is 0 Å². The molecule has 0 aromatic heterocycles. The zero-order chi connectivity index (χ0) is 15.8. The Hall–Kier alpha value is -0.313. The number of hydrogen-bond donors (Lipinski definition) is 0. The molecule has 2 rings (SSSR count). The van der Waals surface area contributed by atoms with Crippen molar-refractivity contribution in [2.75, 3.05) is 0 Å². The van der Waals surface area contributed by atoms with Crippen LogP contribution in [0.1, 0.15) is 96.8 Å². The molecule has 22 heavy (non-hydrogen) atoms. The normalized spacial score (nSPS) is 21.9. The molecule has 0 bridgehead atoms. The molecule has 0 N–H and O–H groups in total. The molecule has 0 spiro atoms. The van der Waals surface area contributed by atoms with Gasteiger partial charge in [-0.05, 0) is 62.2 Å². The smallest absolute Gasteiger partial charge is 0.291 e. The van der Waals surface area contributed by atoms with Crippen molar-refractivity contribution in [3.8, 4) is 0 Å². The molecule has 0 heterocycles. The van der Waals surface area contributed by atoms with E-state index < -0.39 is 0 Å². The van der Waals surface area contributed by atoms with Crippen molar-refractivity contribution in [2.45, 2.75) is 96.8 Å². The molecule has 0 radical (unpaired) electrons. The van der Waals surface area contributed by atoms with Crippen molar-refractivity contribution in [3.05, 3.63) is 0 Å². The van der Waals surface area contributed by atoms with Crippen LogP contribution in [0.3, 0.4) is 0 Å². The minimum Gasteiger partial charge on any atom is -0.529 e. The van der Waals surface area contributed by atoms with E-state index in [1.165, 1.54) is 77.0 Å². The van der Waals surface area contributed by atoms with Gasteiger partial charge in [0.25, 0.3) is 5.97 Å². The Morgan fingerprint density at radius 1 is 1.00 bits per heavy atom. The maximum Gasteiger partial charge on any atom is 0.291 e. The Balaban J connectivity index is 2.07. The second kappa shape index (κ2) is 9.10. The van der Waals surface area contributed by atoms with Crippen LogP contribution in [0.4, 0.5) is 0 Å². The number of carbonyl (C=O) groups excluding carboxylic acids is 1. The van der Waals surface area contributed by atoms with Gasteiger partial charge in [0, 0.05) is 6.42 Å². The Labute approximate surface area is 140 Å². The molecule has 0 saturated heterocycles. The molecular weight excluding hydrogens is 288 g/mol. The maximum atomic E-state index is 11.6. The average molecular weight is 325 g/mol. The summed E-state index contributed by atoms with van der Waals surface area (Å²) >= 11 is 0. The topological polar surface area (TPSA) is 26.3 Å². The molecular formula is C19H36O2Si. The van der Waals surface area contributed by atoms with Gasteiger partial charge in [-0.3, -0.25) is 4.79 Å². The highest BCUT2D eigenvalue weighted by Gasteiger charge is 2.43. The summed E-state index contributed by atoms with van der Waals surface area (Å²) in [6.45, 7) is 2.42. The lowest BCUT2D eigenvalue weighted by molar-refractivity contribution is -0.134. The van der Waals surface area contributed by atoms with Crippen LogP contribution < -0.4 is 0 Å². The summed E-state index contributed by atoms with van der Waals surface area (Å²) in [6.07, 6.45) is 18.6. The van der Waals surface area contributed by atoms with Gasteiger partial charge < -0.3 is 4.43 Å². The van der Waals surface area contributed by atoms with Gasteiger partial charge in [0.1, 0.15) is 0 Å². The quantitative estimate of drug-likeness (QED) is 0.643. The second-order valence-corrected chi connectivity index (χ2v) is 8.09. The largest absolute Gasteiger partial charge is 0.529 e. The molecule has 128 valence electrons.